The molecule has 174 valence electrons. The number of nitrogens with zero attached hydrogens (tertiary/aromatic N) is 1. The number of aromatic amines is 1. The van der Waals surface area contributed by atoms with Gasteiger partial charge in [-0.15, -0.1) is 0 Å². The molecule has 2 rings (SSSR count). The molecule has 1 aromatic heterocycles. The number of carbonyl (C=O) groups is 3. The van der Waals surface area contributed by atoms with Crippen LogP contribution in [0, 0.1) is 5.92 Å². The predicted molar refractivity (Wildman–Crippen MR) is 119 cm³/mol. The summed E-state index contributed by atoms with van der Waals surface area (Å²) in [6, 6.07) is 5.47. The summed E-state index contributed by atoms with van der Waals surface area (Å²) in [5.41, 5.74) is 1.39. The first-order valence-corrected chi connectivity index (χ1v) is 10.3. The number of hydrogen-bond donors (Lipinski definition) is 4. The molecule has 0 aliphatic rings. The molecule has 32 heavy (non-hydrogen) atoms. The number of anilines is 1. The lowest BCUT2D eigenvalue weighted by Crippen LogP contribution is -2.53. The molecule has 2 aromatic rings. The molecule has 2 amide bonds. The van der Waals surface area contributed by atoms with E-state index < -0.39 is 24.0 Å². The molecule has 1 heterocycles. The Hall–Kier alpha value is -3.56. The van der Waals surface area contributed by atoms with Crippen molar-refractivity contribution < 1.29 is 23.9 Å². The van der Waals surface area contributed by atoms with Crippen molar-refractivity contribution in [1.29, 1.82) is 0 Å². The second-order valence-corrected chi connectivity index (χ2v) is 7.70. The van der Waals surface area contributed by atoms with Crippen molar-refractivity contribution in [3.63, 3.8) is 0 Å². The molecule has 2 atom stereocenters. The fourth-order valence-corrected chi connectivity index (χ4v) is 3.09. The van der Waals surface area contributed by atoms with Crippen molar-refractivity contribution in [1.82, 2.24) is 20.6 Å². The summed E-state index contributed by atoms with van der Waals surface area (Å²) in [7, 11) is 2.82. The Morgan fingerprint density at radius 1 is 1.12 bits per heavy atom. The molecule has 0 radical (unpaired) electrons. The highest BCUT2D eigenvalue weighted by molar-refractivity contribution is 5.91. The second kappa shape index (κ2) is 12.3. The first-order chi connectivity index (χ1) is 15.3. The summed E-state index contributed by atoms with van der Waals surface area (Å²) < 4.78 is 9.98. The number of hydrogen-bond acceptors (Lipinski definition) is 7. The van der Waals surface area contributed by atoms with E-state index in [1.165, 1.54) is 13.4 Å². The molecule has 0 aliphatic heterocycles. The number of H-pyrrole nitrogens is 1. The zero-order valence-electron chi connectivity index (χ0n) is 18.8. The third-order valence-corrected chi connectivity index (χ3v) is 4.66. The third kappa shape index (κ3) is 7.93. The average molecular weight is 446 g/mol. The van der Waals surface area contributed by atoms with E-state index in [1.807, 2.05) is 19.9 Å². The molecule has 10 nitrogen and oxygen atoms in total. The van der Waals surface area contributed by atoms with Gasteiger partial charge in [-0.1, -0.05) is 19.9 Å². The Labute approximate surface area is 187 Å². The lowest BCUT2D eigenvalue weighted by Gasteiger charge is -2.23. The fourth-order valence-electron chi connectivity index (χ4n) is 3.09. The monoisotopic (exact) mass is 445 g/mol. The van der Waals surface area contributed by atoms with Crippen LogP contribution in [0.3, 0.4) is 0 Å². The van der Waals surface area contributed by atoms with E-state index >= 15 is 0 Å². The molecule has 4 N–H and O–H groups in total. The van der Waals surface area contributed by atoms with Crippen LogP contribution in [0.2, 0.25) is 0 Å². The van der Waals surface area contributed by atoms with Crippen LogP contribution in [0.25, 0.3) is 0 Å². The van der Waals surface area contributed by atoms with Crippen LogP contribution in [0.4, 0.5) is 5.69 Å². The average Bonchev–Trinajstić information content (AvgIpc) is 3.29. The van der Waals surface area contributed by atoms with Gasteiger partial charge in [0.25, 0.3) is 0 Å². The van der Waals surface area contributed by atoms with Gasteiger partial charge < -0.3 is 30.4 Å². The summed E-state index contributed by atoms with van der Waals surface area (Å²) >= 11 is 0. The molecule has 0 spiro atoms. The molecule has 0 saturated heterocycles. The summed E-state index contributed by atoms with van der Waals surface area (Å²) in [6.45, 7) is 3.87. The number of imidazole rings is 1. The van der Waals surface area contributed by atoms with Gasteiger partial charge in [0.05, 0.1) is 27.1 Å². The zero-order valence-corrected chi connectivity index (χ0v) is 18.8. The molecule has 0 aliphatic carbocycles. The van der Waals surface area contributed by atoms with Gasteiger partial charge in [0, 0.05) is 30.1 Å². The van der Waals surface area contributed by atoms with Gasteiger partial charge >= 0.3 is 5.97 Å². The van der Waals surface area contributed by atoms with Crippen LogP contribution in [0.5, 0.6) is 5.75 Å². The number of aromatic nitrogens is 2. The first kappa shape index (κ1) is 24.7. The van der Waals surface area contributed by atoms with E-state index in [1.54, 1.807) is 31.5 Å². The van der Waals surface area contributed by atoms with Crippen molar-refractivity contribution in [2.75, 3.05) is 26.1 Å². The lowest BCUT2D eigenvalue weighted by atomic mass is 10.0. The van der Waals surface area contributed by atoms with Gasteiger partial charge in [0.15, 0.2) is 0 Å². The molecule has 0 saturated carbocycles. The first-order valence-electron chi connectivity index (χ1n) is 10.3. The molecule has 0 bridgehead atoms. The largest absolute Gasteiger partial charge is 0.497 e. The maximum absolute atomic E-state index is 12.9. The van der Waals surface area contributed by atoms with E-state index in [4.69, 9.17) is 9.47 Å². The number of nitrogens with one attached hydrogen (secondary N) is 4. The number of rotatable bonds is 12. The molecular formula is C22H31N5O5. The van der Waals surface area contributed by atoms with E-state index in [0.29, 0.717) is 17.9 Å². The van der Waals surface area contributed by atoms with Gasteiger partial charge in [-0.2, -0.15) is 0 Å². The van der Waals surface area contributed by atoms with Crippen molar-refractivity contribution in [2.45, 2.75) is 38.8 Å². The summed E-state index contributed by atoms with van der Waals surface area (Å²) in [6.07, 6.45) is 3.66. The van der Waals surface area contributed by atoms with Crippen molar-refractivity contribution in [3.8, 4) is 5.75 Å². The molecular weight excluding hydrogens is 414 g/mol. The smallest absolute Gasteiger partial charge is 0.328 e. The Bertz CT molecular complexity index is 885. The zero-order chi connectivity index (χ0) is 23.5. The maximum Gasteiger partial charge on any atom is 0.328 e. The summed E-state index contributed by atoms with van der Waals surface area (Å²) in [5.74, 6) is -0.581. The topological polar surface area (TPSA) is 134 Å². The number of benzene rings is 1. The Kier molecular flexibility index (Phi) is 9.52. The van der Waals surface area contributed by atoms with E-state index in [-0.39, 0.29) is 24.8 Å². The van der Waals surface area contributed by atoms with Crippen LogP contribution in [0.1, 0.15) is 26.0 Å². The highest BCUT2D eigenvalue weighted by Gasteiger charge is 2.28. The van der Waals surface area contributed by atoms with Crippen molar-refractivity contribution in [3.05, 3.63) is 42.5 Å². The van der Waals surface area contributed by atoms with Gasteiger partial charge in [-0.3, -0.25) is 9.59 Å². The number of carbonyl (C=O) groups excluding carboxylic acids is 3. The number of ether oxygens (including phenoxy) is 2. The van der Waals surface area contributed by atoms with Crippen LogP contribution in [-0.2, 0) is 25.5 Å². The van der Waals surface area contributed by atoms with Gasteiger partial charge in [-0.05, 0) is 24.5 Å². The van der Waals surface area contributed by atoms with E-state index in [0.717, 1.165) is 5.69 Å². The van der Waals surface area contributed by atoms with Gasteiger partial charge in [0.2, 0.25) is 11.8 Å². The van der Waals surface area contributed by atoms with E-state index in [9.17, 15) is 14.4 Å². The molecule has 0 unspecified atom stereocenters. The Morgan fingerprint density at radius 3 is 2.53 bits per heavy atom. The van der Waals surface area contributed by atoms with Crippen molar-refractivity contribution >= 4 is 23.5 Å². The summed E-state index contributed by atoms with van der Waals surface area (Å²) in [5, 5.41) is 8.45. The SMILES string of the molecule is COC(=O)[C@H](Cc1cnc[nH]1)NC(=O)[C@H](CC(C)C)NC(=O)CNc1cccc(OC)c1. The standard InChI is InChI=1S/C22H31N5O5/c1-14(2)8-18(26-20(28)12-24-15-6-5-7-17(9-15)31-3)21(29)27-19(22(30)32-4)10-16-11-23-13-25-16/h5-7,9,11,13-14,18-19,24H,8,10,12H2,1-4H3,(H,23,25)(H,26,28)(H,27,29)/t18-,19-/m0/s1. The highest BCUT2D eigenvalue weighted by Crippen LogP contribution is 2.16. The minimum atomic E-state index is -0.908. The predicted octanol–water partition coefficient (Wildman–Crippen LogP) is 1.26. The van der Waals surface area contributed by atoms with Crippen molar-refractivity contribution in [2.24, 2.45) is 5.92 Å². The second-order valence-electron chi connectivity index (χ2n) is 7.70. The Morgan fingerprint density at radius 2 is 1.91 bits per heavy atom. The summed E-state index contributed by atoms with van der Waals surface area (Å²) in [4.78, 5) is 44.4. The molecule has 10 heteroatoms. The van der Waals surface area contributed by atoms with Gasteiger partial charge in [0.1, 0.15) is 17.8 Å². The number of amides is 2. The van der Waals surface area contributed by atoms with Gasteiger partial charge in [-0.25, -0.2) is 9.78 Å². The fraction of sp³-hybridized carbons (Fsp3) is 0.455. The molecule has 1 aromatic carbocycles. The quantitative estimate of drug-likeness (QED) is 0.361. The van der Waals surface area contributed by atoms with E-state index in [2.05, 4.69) is 25.9 Å². The maximum atomic E-state index is 12.9. The highest BCUT2D eigenvalue weighted by atomic mass is 16.5. The molecule has 0 fully saturated rings. The van der Waals surface area contributed by atoms with Crippen LogP contribution >= 0.6 is 0 Å². The number of esters is 1. The minimum Gasteiger partial charge on any atom is -0.497 e. The number of methoxy groups -OCH3 is 2. The van der Waals surface area contributed by atoms with Crippen LogP contribution < -0.4 is 20.7 Å². The van der Waals surface area contributed by atoms with Crippen LogP contribution in [-0.4, -0.2) is 60.6 Å². The Balaban J connectivity index is 2.00. The minimum absolute atomic E-state index is 0.0242. The third-order valence-electron chi connectivity index (χ3n) is 4.66. The normalized spacial score (nSPS) is 12.5. The van der Waals surface area contributed by atoms with Crippen LogP contribution in [0.15, 0.2) is 36.8 Å². The lowest BCUT2D eigenvalue weighted by molar-refractivity contribution is -0.145.